The zero-order chi connectivity index (χ0) is 22.0. The Morgan fingerprint density at radius 2 is 1.97 bits per heavy atom. The zero-order valence-electron chi connectivity index (χ0n) is 18.1. The Hall–Kier alpha value is -1.93. The van der Waals surface area contributed by atoms with Crippen molar-refractivity contribution in [1.82, 2.24) is 10.2 Å². The van der Waals surface area contributed by atoms with Gasteiger partial charge in [0.1, 0.15) is 6.04 Å². The monoisotopic (exact) mass is 442 g/mol. The summed E-state index contributed by atoms with van der Waals surface area (Å²) in [7, 11) is 0. The van der Waals surface area contributed by atoms with Crippen molar-refractivity contribution < 1.29 is 19.1 Å². The Bertz CT molecular complexity index is 893. The van der Waals surface area contributed by atoms with E-state index < -0.39 is 18.2 Å². The Balaban J connectivity index is 1.52. The fourth-order valence-corrected chi connectivity index (χ4v) is 5.24. The molecule has 1 aliphatic carbocycles. The van der Waals surface area contributed by atoms with Gasteiger partial charge in [-0.15, -0.1) is 0 Å². The van der Waals surface area contributed by atoms with Gasteiger partial charge in [0.15, 0.2) is 12.1 Å². The van der Waals surface area contributed by atoms with Crippen LogP contribution in [0.15, 0.2) is 29.8 Å². The number of amides is 1. The van der Waals surface area contributed by atoms with E-state index >= 15 is 0 Å². The highest BCUT2D eigenvalue weighted by Crippen LogP contribution is 2.31. The number of ketones is 1. The fraction of sp³-hybridized carbons (Fsp3) is 0.542. The molecule has 166 valence electrons. The molecular weight excluding hydrogens is 412 g/mol. The highest BCUT2D eigenvalue weighted by Gasteiger charge is 2.47. The van der Waals surface area contributed by atoms with E-state index in [0.717, 1.165) is 29.5 Å². The van der Waals surface area contributed by atoms with Crippen LogP contribution in [0.4, 0.5) is 0 Å². The van der Waals surface area contributed by atoms with E-state index in [4.69, 9.17) is 21.7 Å². The van der Waals surface area contributed by atoms with Crippen LogP contribution in [0.1, 0.15) is 37.8 Å². The average molecular weight is 443 g/mol. The summed E-state index contributed by atoms with van der Waals surface area (Å²) in [5, 5.41) is 3.22. The molecule has 1 aromatic rings. The standard InChI is InChI=1S/C24H30N2O4S/c1-3-29-24(30-4-2)18-10-7-11-26(18)23(28)21-20(19(31)14-25-21)22(27)17-12-15-8-5-6-9-16(15)13-17/h5-6,8-9,12,18,20-21,24-25H,3-4,7,10-11,13-14H2,1-2H3/t18-,20?,21-/m0/s1. The summed E-state index contributed by atoms with van der Waals surface area (Å²) in [4.78, 5) is 29.5. The van der Waals surface area contributed by atoms with Crippen LogP contribution in [0.5, 0.6) is 0 Å². The summed E-state index contributed by atoms with van der Waals surface area (Å²) >= 11 is 5.54. The van der Waals surface area contributed by atoms with Gasteiger partial charge in [0.25, 0.3) is 0 Å². The van der Waals surface area contributed by atoms with Crippen LogP contribution >= 0.6 is 12.2 Å². The summed E-state index contributed by atoms with van der Waals surface area (Å²) in [6, 6.07) is 7.23. The number of hydrogen-bond donors (Lipinski definition) is 1. The van der Waals surface area contributed by atoms with Crippen molar-refractivity contribution in [1.29, 1.82) is 0 Å². The summed E-state index contributed by atoms with van der Waals surface area (Å²) in [5.74, 6) is -0.727. The van der Waals surface area contributed by atoms with E-state index in [1.807, 2.05) is 49.1 Å². The minimum absolute atomic E-state index is 0.0357. The first-order valence-electron chi connectivity index (χ1n) is 11.2. The number of benzene rings is 1. The van der Waals surface area contributed by atoms with Gasteiger partial charge in [-0.3, -0.25) is 9.59 Å². The van der Waals surface area contributed by atoms with Gasteiger partial charge >= 0.3 is 0 Å². The van der Waals surface area contributed by atoms with Crippen LogP contribution < -0.4 is 5.32 Å². The van der Waals surface area contributed by atoms with E-state index in [1.165, 1.54) is 0 Å². The Kier molecular flexibility index (Phi) is 6.96. The largest absolute Gasteiger partial charge is 0.351 e. The predicted octanol–water partition coefficient (Wildman–Crippen LogP) is 2.54. The van der Waals surface area contributed by atoms with Gasteiger partial charge < -0.3 is 19.7 Å². The van der Waals surface area contributed by atoms with Crippen LogP contribution in [0.25, 0.3) is 6.08 Å². The minimum Gasteiger partial charge on any atom is -0.351 e. The first kappa shape index (κ1) is 22.3. The number of Topliss-reactive ketones (excluding diaryl/α,β-unsaturated/α-hetero) is 1. The van der Waals surface area contributed by atoms with Crippen molar-refractivity contribution in [2.45, 2.75) is 51.5 Å². The molecule has 2 heterocycles. The SMILES string of the molecule is CCOC(OCC)[C@@H]1CCCN1C(=O)[C@H]1NCC(=S)C1C(=O)C1=Cc2ccccc2C1. The molecule has 1 unspecified atom stereocenters. The molecule has 3 aliphatic rings. The molecule has 6 nitrogen and oxygen atoms in total. The number of nitrogens with one attached hydrogen (secondary N) is 1. The maximum Gasteiger partial charge on any atom is 0.241 e. The lowest BCUT2D eigenvalue weighted by molar-refractivity contribution is -0.176. The van der Waals surface area contributed by atoms with E-state index in [1.54, 1.807) is 0 Å². The number of rotatable bonds is 8. The Labute approximate surface area is 189 Å². The number of carbonyl (C=O) groups is 2. The maximum atomic E-state index is 13.6. The topological polar surface area (TPSA) is 67.9 Å². The zero-order valence-corrected chi connectivity index (χ0v) is 19.0. The first-order valence-corrected chi connectivity index (χ1v) is 11.6. The molecule has 1 amide bonds. The summed E-state index contributed by atoms with van der Waals surface area (Å²) < 4.78 is 11.6. The summed E-state index contributed by atoms with van der Waals surface area (Å²) in [6.07, 6.45) is 3.81. The van der Waals surface area contributed by atoms with Gasteiger partial charge in [-0.2, -0.15) is 0 Å². The molecule has 0 bridgehead atoms. The van der Waals surface area contributed by atoms with Crippen molar-refractivity contribution in [3.63, 3.8) is 0 Å². The van der Waals surface area contributed by atoms with E-state index in [-0.39, 0.29) is 17.7 Å². The molecule has 2 saturated heterocycles. The Morgan fingerprint density at radius 3 is 2.68 bits per heavy atom. The van der Waals surface area contributed by atoms with Gasteiger partial charge in [0, 0.05) is 43.2 Å². The number of hydrogen-bond acceptors (Lipinski definition) is 6. The molecule has 1 aromatic carbocycles. The molecular formula is C24H30N2O4S. The molecule has 1 N–H and O–H groups in total. The third-order valence-electron chi connectivity index (χ3n) is 6.37. The second-order valence-electron chi connectivity index (χ2n) is 8.23. The maximum absolute atomic E-state index is 13.6. The molecule has 0 radical (unpaired) electrons. The molecule has 2 aliphatic heterocycles. The number of carbonyl (C=O) groups excluding carboxylic acids is 2. The molecule has 3 atom stereocenters. The number of nitrogens with zero attached hydrogens (tertiary/aromatic N) is 1. The molecule has 7 heteroatoms. The Morgan fingerprint density at radius 1 is 1.23 bits per heavy atom. The fourth-order valence-electron chi connectivity index (χ4n) is 4.92. The molecule has 0 saturated carbocycles. The number of thiocarbonyl (C=S) groups is 1. The highest BCUT2D eigenvalue weighted by molar-refractivity contribution is 7.80. The summed E-state index contributed by atoms with van der Waals surface area (Å²) in [6.45, 7) is 5.93. The van der Waals surface area contributed by atoms with Crippen molar-refractivity contribution in [3.05, 3.63) is 41.0 Å². The van der Waals surface area contributed by atoms with Crippen molar-refractivity contribution in [3.8, 4) is 0 Å². The molecule has 31 heavy (non-hydrogen) atoms. The van der Waals surface area contributed by atoms with Crippen LogP contribution in [-0.4, -0.2) is 66.1 Å². The van der Waals surface area contributed by atoms with Crippen LogP contribution in [0.2, 0.25) is 0 Å². The lowest BCUT2D eigenvalue weighted by Gasteiger charge is -2.33. The molecule has 0 aromatic heterocycles. The first-order chi connectivity index (χ1) is 15.0. The molecule has 2 fully saturated rings. The van der Waals surface area contributed by atoms with E-state index in [0.29, 0.717) is 37.6 Å². The molecule has 0 spiro atoms. The minimum atomic E-state index is -0.630. The van der Waals surface area contributed by atoms with Crippen molar-refractivity contribution >= 4 is 34.8 Å². The average Bonchev–Trinajstić information content (AvgIpc) is 3.50. The summed E-state index contributed by atoms with van der Waals surface area (Å²) in [5.41, 5.74) is 2.94. The second-order valence-corrected chi connectivity index (χ2v) is 8.76. The van der Waals surface area contributed by atoms with Crippen molar-refractivity contribution in [2.75, 3.05) is 26.3 Å². The smallest absolute Gasteiger partial charge is 0.241 e. The van der Waals surface area contributed by atoms with Gasteiger partial charge in [-0.05, 0) is 43.9 Å². The lowest BCUT2D eigenvalue weighted by Crippen LogP contribution is -2.53. The normalized spacial score (nSPS) is 25.3. The van der Waals surface area contributed by atoms with Gasteiger partial charge in [-0.25, -0.2) is 0 Å². The van der Waals surface area contributed by atoms with E-state index in [2.05, 4.69) is 5.32 Å². The quantitative estimate of drug-likeness (QED) is 0.493. The third kappa shape index (κ3) is 4.37. The number of allylic oxidation sites excluding steroid dienone is 1. The molecule has 4 rings (SSSR count). The van der Waals surface area contributed by atoms with Gasteiger partial charge in [0.2, 0.25) is 5.91 Å². The van der Waals surface area contributed by atoms with Crippen LogP contribution in [0.3, 0.4) is 0 Å². The van der Waals surface area contributed by atoms with Gasteiger partial charge in [-0.1, -0.05) is 36.5 Å². The van der Waals surface area contributed by atoms with E-state index in [9.17, 15) is 9.59 Å². The predicted molar refractivity (Wildman–Crippen MR) is 123 cm³/mol. The highest BCUT2D eigenvalue weighted by atomic mass is 32.1. The number of fused-ring (bicyclic) bond motifs is 1. The number of likely N-dealkylation sites (tertiary alicyclic amines) is 1. The lowest BCUT2D eigenvalue weighted by atomic mass is 9.89. The second kappa shape index (κ2) is 9.69. The van der Waals surface area contributed by atoms with Crippen LogP contribution in [-0.2, 0) is 25.5 Å². The third-order valence-corrected chi connectivity index (χ3v) is 6.76. The number of ether oxygens (including phenoxy) is 2. The van der Waals surface area contributed by atoms with Crippen molar-refractivity contribution in [2.24, 2.45) is 5.92 Å². The van der Waals surface area contributed by atoms with Gasteiger partial charge in [0.05, 0.1) is 12.0 Å². The van der Waals surface area contributed by atoms with Crippen LogP contribution in [0, 0.1) is 5.92 Å².